The smallest absolute Gasteiger partial charge is 0.399 e. The maximum absolute atomic E-state index is 12.4. The van der Waals surface area contributed by atoms with Crippen LogP contribution in [0.1, 0.15) is 45.0 Å². The van der Waals surface area contributed by atoms with E-state index < -0.39 is 0 Å². The second kappa shape index (κ2) is 5.46. The van der Waals surface area contributed by atoms with Gasteiger partial charge in [-0.05, 0) is 52.2 Å². The highest BCUT2D eigenvalue weighted by Crippen LogP contribution is 2.36. The Bertz CT molecular complexity index is 603. The van der Waals surface area contributed by atoms with Crippen LogP contribution in [0.25, 0.3) is 0 Å². The molecule has 0 aromatic heterocycles. The summed E-state index contributed by atoms with van der Waals surface area (Å²) in [6.45, 7) is 11.9. The van der Waals surface area contributed by atoms with Gasteiger partial charge in [0.1, 0.15) is 0 Å². The minimum Gasteiger partial charge on any atom is -0.399 e. The molecule has 23 heavy (non-hydrogen) atoms. The van der Waals surface area contributed by atoms with Gasteiger partial charge in [-0.3, -0.25) is 4.79 Å². The van der Waals surface area contributed by atoms with Crippen molar-refractivity contribution in [3.8, 4) is 0 Å². The van der Waals surface area contributed by atoms with Crippen LogP contribution >= 0.6 is 22.6 Å². The summed E-state index contributed by atoms with van der Waals surface area (Å²) in [6.07, 6.45) is 0. The van der Waals surface area contributed by atoms with Gasteiger partial charge in [0, 0.05) is 18.7 Å². The van der Waals surface area contributed by atoms with E-state index in [0.717, 1.165) is 24.1 Å². The first-order valence-electron chi connectivity index (χ1n) is 7.95. The molecule has 2 aliphatic rings. The Balaban J connectivity index is 1.70. The predicted molar refractivity (Wildman–Crippen MR) is 100 cm³/mol. The summed E-state index contributed by atoms with van der Waals surface area (Å²) in [7, 11) is -0.384. The van der Waals surface area contributed by atoms with E-state index in [9.17, 15) is 4.79 Å². The van der Waals surface area contributed by atoms with Gasteiger partial charge in [0.25, 0.3) is 5.91 Å². The Morgan fingerprint density at radius 1 is 1.04 bits per heavy atom. The molecule has 6 heteroatoms. The van der Waals surface area contributed by atoms with Crippen LogP contribution < -0.4 is 5.46 Å². The van der Waals surface area contributed by atoms with E-state index in [0.29, 0.717) is 0 Å². The van der Waals surface area contributed by atoms with E-state index >= 15 is 0 Å². The maximum Gasteiger partial charge on any atom is 0.494 e. The lowest BCUT2D eigenvalue weighted by Crippen LogP contribution is -2.58. The highest BCUT2D eigenvalue weighted by Gasteiger charge is 2.51. The third kappa shape index (κ3) is 3.17. The number of hydrogen-bond acceptors (Lipinski definition) is 3. The Hall–Kier alpha value is -0.595. The first-order valence-corrected chi connectivity index (χ1v) is 9.02. The highest BCUT2D eigenvalue weighted by atomic mass is 127. The molecule has 2 saturated heterocycles. The average molecular weight is 427 g/mol. The molecule has 2 heterocycles. The molecule has 0 aliphatic carbocycles. The molecule has 0 radical (unpaired) electrons. The van der Waals surface area contributed by atoms with Gasteiger partial charge in [-0.2, -0.15) is 0 Å². The van der Waals surface area contributed by atoms with Gasteiger partial charge in [0.2, 0.25) is 0 Å². The number of rotatable bonds is 2. The van der Waals surface area contributed by atoms with Crippen molar-refractivity contribution in [1.29, 1.82) is 0 Å². The normalized spacial score (nSPS) is 24.4. The average Bonchev–Trinajstić information content (AvgIpc) is 2.64. The fourth-order valence-electron chi connectivity index (χ4n) is 2.84. The molecular formula is C17H23BINO3. The molecule has 0 atom stereocenters. The van der Waals surface area contributed by atoms with Crippen LogP contribution in [0.3, 0.4) is 0 Å². The van der Waals surface area contributed by atoms with Crippen molar-refractivity contribution in [2.45, 2.75) is 49.2 Å². The minimum absolute atomic E-state index is 0.0969. The van der Waals surface area contributed by atoms with Gasteiger partial charge < -0.3 is 14.2 Å². The predicted octanol–water partition coefficient (Wildman–Crippen LogP) is 2.64. The number of hydrogen-bond donors (Lipinski definition) is 0. The van der Waals surface area contributed by atoms with E-state index in [1.165, 1.54) is 0 Å². The van der Waals surface area contributed by atoms with Gasteiger partial charge in [-0.15, -0.1) is 0 Å². The number of nitrogens with zero attached hydrogens (tertiary/aromatic N) is 1. The number of alkyl halides is 1. The summed E-state index contributed by atoms with van der Waals surface area (Å²) in [5.41, 5.74) is 0.961. The van der Waals surface area contributed by atoms with E-state index in [-0.39, 0.29) is 27.6 Å². The van der Waals surface area contributed by atoms with E-state index in [1.807, 2.05) is 56.9 Å². The minimum atomic E-state index is -0.384. The molecule has 124 valence electrons. The number of likely N-dealkylation sites (tertiary alicyclic amines) is 1. The summed E-state index contributed by atoms with van der Waals surface area (Å²) in [6, 6.07) is 7.59. The van der Waals surface area contributed by atoms with Crippen molar-refractivity contribution in [3.63, 3.8) is 0 Å². The molecule has 4 nitrogen and oxygen atoms in total. The second-order valence-electron chi connectivity index (χ2n) is 7.78. The molecule has 0 unspecified atom stereocenters. The van der Waals surface area contributed by atoms with Crippen LogP contribution in [0.5, 0.6) is 0 Å². The third-order valence-electron chi connectivity index (χ3n) is 5.01. The van der Waals surface area contributed by atoms with Crippen molar-refractivity contribution in [2.75, 3.05) is 13.1 Å². The van der Waals surface area contributed by atoms with Crippen LogP contribution in [0.2, 0.25) is 0 Å². The SMILES string of the molecule is CC1(I)CN(C(=O)c2ccc(B3OC(C)(C)C(C)(C)O3)cc2)C1. The van der Waals surface area contributed by atoms with Gasteiger partial charge in [-0.1, -0.05) is 34.7 Å². The molecule has 1 amide bonds. The van der Waals surface area contributed by atoms with Crippen LogP contribution in [-0.4, -0.2) is 45.6 Å². The van der Waals surface area contributed by atoms with Gasteiger partial charge in [-0.25, -0.2) is 0 Å². The molecule has 0 bridgehead atoms. The summed E-state index contributed by atoms with van der Waals surface area (Å²) in [5.74, 6) is 0.0969. The molecule has 1 aromatic carbocycles. The second-order valence-corrected chi connectivity index (χ2v) is 10.4. The number of amides is 1. The van der Waals surface area contributed by atoms with Crippen LogP contribution in [-0.2, 0) is 9.31 Å². The van der Waals surface area contributed by atoms with Crippen molar-refractivity contribution < 1.29 is 14.1 Å². The summed E-state index contributed by atoms with van der Waals surface area (Å²) >= 11 is 2.41. The van der Waals surface area contributed by atoms with E-state index in [2.05, 4.69) is 29.5 Å². The molecule has 0 N–H and O–H groups in total. The first-order chi connectivity index (χ1) is 10.5. The van der Waals surface area contributed by atoms with Crippen LogP contribution in [0.15, 0.2) is 24.3 Å². The topological polar surface area (TPSA) is 38.8 Å². The highest BCUT2D eigenvalue weighted by molar-refractivity contribution is 14.1. The van der Waals surface area contributed by atoms with Crippen molar-refractivity contribution >= 4 is 41.1 Å². The Morgan fingerprint density at radius 2 is 1.52 bits per heavy atom. The van der Waals surface area contributed by atoms with E-state index in [4.69, 9.17) is 9.31 Å². The summed E-state index contributed by atoms with van der Waals surface area (Å²) in [5, 5.41) is 0. The summed E-state index contributed by atoms with van der Waals surface area (Å²) < 4.78 is 12.3. The van der Waals surface area contributed by atoms with Crippen molar-refractivity contribution in [2.24, 2.45) is 0 Å². The zero-order valence-electron chi connectivity index (χ0n) is 14.4. The molecule has 1 aromatic rings. The zero-order valence-corrected chi connectivity index (χ0v) is 16.5. The van der Waals surface area contributed by atoms with Crippen molar-refractivity contribution in [3.05, 3.63) is 29.8 Å². The van der Waals surface area contributed by atoms with E-state index in [1.54, 1.807) is 0 Å². The lowest BCUT2D eigenvalue weighted by atomic mass is 9.79. The van der Waals surface area contributed by atoms with Crippen molar-refractivity contribution in [1.82, 2.24) is 4.90 Å². The number of carbonyl (C=O) groups excluding carboxylic acids is 1. The lowest BCUT2D eigenvalue weighted by Gasteiger charge is -2.44. The Labute approximate surface area is 152 Å². The molecule has 2 fully saturated rings. The van der Waals surface area contributed by atoms with Crippen LogP contribution in [0, 0.1) is 0 Å². The largest absolute Gasteiger partial charge is 0.494 e. The molecule has 3 rings (SSSR count). The number of halogens is 1. The zero-order chi connectivity index (χ0) is 17.0. The van der Waals surface area contributed by atoms with Crippen LogP contribution in [0.4, 0.5) is 0 Å². The summed E-state index contributed by atoms with van der Waals surface area (Å²) in [4.78, 5) is 14.3. The number of carbonyl (C=O) groups is 1. The fraction of sp³-hybridized carbons (Fsp3) is 0.588. The molecule has 0 saturated carbocycles. The quantitative estimate of drug-likeness (QED) is 0.414. The fourth-order valence-corrected chi connectivity index (χ4v) is 3.66. The monoisotopic (exact) mass is 427 g/mol. The third-order valence-corrected chi connectivity index (χ3v) is 5.69. The Morgan fingerprint density at radius 3 is 1.96 bits per heavy atom. The van der Waals surface area contributed by atoms with Gasteiger partial charge in [0.15, 0.2) is 0 Å². The Kier molecular flexibility index (Phi) is 4.09. The molecule has 2 aliphatic heterocycles. The lowest BCUT2D eigenvalue weighted by molar-refractivity contribution is 0.00578. The number of benzene rings is 1. The van der Waals surface area contributed by atoms with Gasteiger partial charge >= 0.3 is 7.12 Å². The molecular weight excluding hydrogens is 404 g/mol. The first kappa shape index (κ1) is 17.2. The standard InChI is InChI=1S/C17H23BINO3/c1-15(2)16(3,4)23-18(22-15)13-8-6-12(7-9-13)14(21)20-10-17(5,19)11-20/h6-9H,10-11H2,1-5H3. The molecule has 0 spiro atoms. The van der Waals surface area contributed by atoms with Gasteiger partial charge in [0.05, 0.1) is 14.6 Å². The maximum atomic E-state index is 12.4.